The summed E-state index contributed by atoms with van der Waals surface area (Å²) < 4.78 is 11.0. The molecule has 1 aromatic rings. The minimum absolute atomic E-state index is 0.569. The number of hydrogen-bond acceptors (Lipinski definition) is 4. The smallest absolute Gasteiger partial charge is 0.117 e. The molecule has 1 aromatic heterocycles. The second kappa shape index (κ2) is 7.08. The lowest BCUT2D eigenvalue weighted by Crippen LogP contribution is -2.50. The molecular formula is C15H26N2O2. The standard InChI is InChI=1S/C15H26N2O2/c1-12(2)15(17-6-8-18-9-7-17)11-16-10-14-5-4-13(3)19-14/h4-5,12,15-16H,6-11H2,1-3H3. The van der Waals surface area contributed by atoms with Gasteiger partial charge in [0.2, 0.25) is 0 Å². The lowest BCUT2D eigenvalue weighted by molar-refractivity contribution is 0.00639. The van der Waals surface area contributed by atoms with Gasteiger partial charge in [-0.25, -0.2) is 0 Å². The average molecular weight is 266 g/mol. The summed E-state index contributed by atoms with van der Waals surface area (Å²) >= 11 is 0. The zero-order valence-electron chi connectivity index (χ0n) is 12.3. The molecule has 4 heteroatoms. The normalized spacial score (nSPS) is 18.9. The molecule has 0 aliphatic carbocycles. The van der Waals surface area contributed by atoms with E-state index in [0.717, 1.165) is 50.9 Å². The van der Waals surface area contributed by atoms with Gasteiger partial charge in [0.25, 0.3) is 0 Å². The van der Waals surface area contributed by atoms with Crippen LogP contribution in [0.3, 0.4) is 0 Å². The topological polar surface area (TPSA) is 37.6 Å². The van der Waals surface area contributed by atoms with E-state index in [0.29, 0.717) is 12.0 Å². The van der Waals surface area contributed by atoms with Gasteiger partial charge in [0, 0.05) is 25.7 Å². The number of rotatable bonds is 6. The Balaban J connectivity index is 1.79. The first-order valence-electron chi connectivity index (χ1n) is 7.24. The highest BCUT2D eigenvalue weighted by atomic mass is 16.5. The van der Waals surface area contributed by atoms with E-state index in [1.807, 2.05) is 19.1 Å². The van der Waals surface area contributed by atoms with Crippen molar-refractivity contribution in [3.63, 3.8) is 0 Å². The first kappa shape index (κ1) is 14.6. The fraction of sp³-hybridized carbons (Fsp3) is 0.733. The summed E-state index contributed by atoms with van der Waals surface area (Å²) in [4.78, 5) is 2.54. The van der Waals surface area contributed by atoms with Crippen molar-refractivity contribution < 1.29 is 9.15 Å². The van der Waals surface area contributed by atoms with Gasteiger partial charge in [0.05, 0.1) is 19.8 Å². The Hall–Kier alpha value is -0.840. The zero-order chi connectivity index (χ0) is 13.7. The zero-order valence-corrected chi connectivity index (χ0v) is 12.3. The number of nitrogens with one attached hydrogen (secondary N) is 1. The minimum atomic E-state index is 0.569. The van der Waals surface area contributed by atoms with Gasteiger partial charge in [-0.15, -0.1) is 0 Å². The Labute approximate surface area is 116 Å². The molecular weight excluding hydrogens is 240 g/mol. The van der Waals surface area contributed by atoms with E-state index >= 15 is 0 Å². The molecule has 0 spiro atoms. The molecule has 1 aliphatic rings. The second-order valence-electron chi connectivity index (χ2n) is 5.60. The van der Waals surface area contributed by atoms with Gasteiger partial charge in [-0.2, -0.15) is 0 Å². The first-order valence-corrected chi connectivity index (χ1v) is 7.24. The number of ether oxygens (including phenoxy) is 1. The first-order chi connectivity index (χ1) is 9.16. The van der Waals surface area contributed by atoms with E-state index in [2.05, 4.69) is 24.1 Å². The highest BCUT2D eigenvalue weighted by Crippen LogP contribution is 2.13. The third kappa shape index (κ3) is 4.34. The maximum absolute atomic E-state index is 5.58. The van der Waals surface area contributed by atoms with Crippen LogP contribution in [0.5, 0.6) is 0 Å². The van der Waals surface area contributed by atoms with E-state index in [9.17, 15) is 0 Å². The summed E-state index contributed by atoms with van der Waals surface area (Å²) in [6.07, 6.45) is 0. The quantitative estimate of drug-likeness (QED) is 0.855. The van der Waals surface area contributed by atoms with Crippen molar-refractivity contribution in [2.75, 3.05) is 32.8 Å². The van der Waals surface area contributed by atoms with Gasteiger partial charge >= 0.3 is 0 Å². The fourth-order valence-corrected chi connectivity index (χ4v) is 2.62. The van der Waals surface area contributed by atoms with Gasteiger partial charge in [-0.3, -0.25) is 4.90 Å². The van der Waals surface area contributed by atoms with Gasteiger partial charge in [-0.05, 0) is 25.0 Å². The number of nitrogens with zero attached hydrogens (tertiary/aromatic N) is 1. The van der Waals surface area contributed by atoms with Crippen molar-refractivity contribution in [2.24, 2.45) is 5.92 Å². The Morgan fingerprint density at radius 1 is 1.26 bits per heavy atom. The predicted molar refractivity (Wildman–Crippen MR) is 76.2 cm³/mol. The summed E-state index contributed by atoms with van der Waals surface area (Å²) in [6, 6.07) is 4.63. The van der Waals surface area contributed by atoms with E-state index in [-0.39, 0.29) is 0 Å². The lowest BCUT2D eigenvalue weighted by Gasteiger charge is -2.37. The van der Waals surface area contributed by atoms with Gasteiger partial charge in [-0.1, -0.05) is 13.8 Å². The Kier molecular flexibility index (Phi) is 5.43. The lowest BCUT2D eigenvalue weighted by atomic mass is 10.0. The predicted octanol–water partition coefficient (Wildman–Crippen LogP) is 2.03. The van der Waals surface area contributed by atoms with Crippen molar-refractivity contribution in [2.45, 2.75) is 33.4 Å². The molecule has 0 amide bonds. The molecule has 1 aliphatic heterocycles. The highest BCUT2D eigenvalue weighted by molar-refractivity contribution is 5.05. The SMILES string of the molecule is Cc1ccc(CNCC(C(C)C)N2CCOCC2)o1. The van der Waals surface area contributed by atoms with Crippen molar-refractivity contribution in [3.05, 3.63) is 23.7 Å². The van der Waals surface area contributed by atoms with E-state index < -0.39 is 0 Å². The van der Waals surface area contributed by atoms with Crippen LogP contribution in [-0.2, 0) is 11.3 Å². The molecule has 4 nitrogen and oxygen atoms in total. The molecule has 1 fully saturated rings. The molecule has 1 saturated heterocycles. The van der Waals surface area contributed by atoms with Crippen LogP contribution in [0.4, 0.5) is 0 Å². The largest absolute Gasteiger partial charge is 0.465 e. The summed E-state index contributed by atoms with van der Waals surface area (Å²) in [5, 5.41) is 3.52. The molecule has 108 valence electrons. The minimum Gasteiger partial charge on any atom is -0.465 e. The molecule has 2 rings (SSSR count). The van der Waals surface area contributed by atoms with E-state index in [1.54, 1.807) is 0 Å². The number of morpholine rings is 1. The van der Waals surface area contributed by atoms with Gasteiger partial charge in [0.15, 0.2) is 0 Å². The van der Waals surface area contributed by atoms with Crippen LogP contribution >= 0.6 is 0 Å². The molecule has 2 heterocycles. The Morgan fingerprint density at radius 2 is 2.00 bits per heavy atom. The Bertz CT molecular complexity index is 370. The summed E-state index contributed by atoms with van der Waals surface area (Å²) in [5.41, 5.74) is 0. The van der Waals surface area contributed by atoms with Crippen LogP contribution in [0.25, 0.3) is 0 Å². The average Bonchev–Trinajstić information content (AvgIpc) is 2.81. The van der Waals surface area contributed by atoms with Crippen molar-refractivity contribution in [1.82, 2.24) is 10.2 Å². The monoisotopic (exact) mass is 266 g/mol. The van der Waals surface area contributed by atoms with Crippen molar-refractivity contribution in [3.8, 4) is 0 Å². The highest BCUT2D eigenvalue weighted by Gasteiger charge is 2.23. The number of furan rings is 1. The number of aryl methyl sites for hydroxylation is 1. The van der Waals surface area contributed by atoms with Crippen LogP contribution in [0.1, 0.15) is 25.4 Å². The Morgan fingerprint density at radius 3 is 2.58 bits per heavy atom. The summed E-state index contributed by atoms with van der Waals surface area (Å²) in [6.45, 7) is 12.2. The summed E-state index contributed by atoms with van der Waals surface area (Å²) in [7, 11) is 0. The third-order valence-corrected chi connectivity index (χ3v) is 3.73. The van der Waals surface area contributed by atoms with Gasteiger partial charge < -0.3 is 14.5 Å². The maximum atomic E-state index is 5.58. The van der Waals surface area contributed by atoms with Crippen LogP contribution < -0.4 is 5.32 Å². The van der Waals surface area contributed by atoms with Crippen LogP contribution in [0.2, 0.25) is 0 Å². The van der Waals surface area contributed by atoms with Crippen molar-refractivity contribution >= 4 is 0 Å². The maximum Gasteiger partial charge on any atom is 0.117 e. The fourth-order valence-electron chi connectivity index (χ4n) is 2.62. The van der Waals surface area contributed by atoms with Crippen LogP contribution in [-0.4, -0.2) is 43.8 Å². The van der Waals surface area contributed by atoms with E-state index in [4.69, 9.17) is 9.15 Å². The molecule has 19 heavy (non-hydrogen) atoms. The van der Waals surface area contributed by atoms with Crippen LogP contribution in [0, 0.1) is 12.8 Å². The molecule has 0 aromatic carbocycles. The second-order valence-corrected chi connectivity index (χ2v) is 5.60. The molecule has 1 atom stereocenters. The summed E-state index contributed by atoms with van der Waals surface area (Å²) in [5.74, 6) is 2.64. The van der Waals surface area contributed by atoms with E-state index in [1.165, 1.54) is 0 Å². The molecule has 1 unspecified atom stereocenters. The molecule has 0 saturated carbocycles. The number of hydrogen-bond donors (Lipinski definition) is 1. The van der Waals surface area contributed by atoms with Crippen molar-refractivity contribution in [1.29, 1.82) is 0 Å². The molecule has 0 bridgehead atoms. The third-order valence-electron chi connectivity index (χ3n) is 3.73. The van der Waals surface area contributed by atoms with Crippen LogP contribution in [0.15, 0.2) is 16.5 Å². The molecule has 0 radical (unpaired) electrons. The molecule has 1 N–H and O–H groups in total. The van der Waals surface area contributed by atoms with Gasteiger partial charge in [0.1, 0.15) is 11.5 Å².